The first-order chi connectivity index (χ1) is 24.9. The summed E-state index contributed by atoms with van der Waals surface area (Å²) < 4.78 is 27.1. The minimum absolute atomic E-state index is 0.0125. The molecule has 0 unspecified atom stereocenters. The van der Waals surface area contributed by atoms with Crippen molar-refractivity contribution < 1.29 is 47.7 Å². The molecule has 1 aromatic carbocycles. The average Bonchev–Trinajstić information content (AvgIpc) is 3.43. The van der Waals surface area contributed by atoms with Gasteiger partial charge in [-0.15, -0.1) is 5.06 Å². The number of pyridine rings is 1. The Morgan fingerprint density at radius 1 is 0.745 bits per heavy atom. The van der Waals surface area contributed by atoms with Gasteiger partial charge in [0.2, 0.25) is 5.91 Å². The van der Waals surface area contributed by atoms with Crippen LogP contribution in [0.4, 0.5) is 5.82 Å². The highest BCUT2D eigenvalue weighted by Crippen LogP contribution is 2.25. The van der Waals surface area contributed by atoms with Crippen LogP contribution in [0.5, 0.6) is 0 Å². The van der Waals surface area contributed by atoms with Crippen LogP contribution in [0.25, 0.3) is 10.9 Å². The van der Waals surface area contributed by atoms with Crippen LogP contribution in [0, 0.1) is 0 Å². The Bertz CT molecular complexity index is 1340. The molecule has 0 bridgehead atoms. The van der Waals surface area contributed by atoms with Crippen LogP contribution in [-0.2, 0) is 60.5 Å². The molecule has 14 nitrogen and oxygen atoms in total. The molecule has 0 atom stereocenters. The molecule has 14 heteroatoms. The van der Waals surface area contributed by atoms with Crippen molar-refractivity contribution in [3.05, 3.63) is 35.4 Å². The van der Waals surface area contributed by atoms with Crippen LogP contribution in [0.2, 0.25) is 0 Å². The van der Waals surface area contributed by atoms with Crippen LogP contribution in [-0.4, -0.2) is 106 Å². The summed E-state index contributed by atoms with van der Waals surface area (Å²) in [6, 6.07) is 8.49. The van der Waals surface area contributed by atoms with E-state index in [-0.39, 0.29) is 38.4 Å². The Morgan fingerprint density at radius 2 is 1.31 bits per heavy atom. The summed E-state index contributed by atoms with van der Waals surface area (Å²) in [5, 5.41) is 4.69. The lowest BCUT2D eigenvalue weighted by Gasteiger charge is -2.12. The van der Waals surface area contributed by atoms with E-state index in [9.17, 15) is 19.2 Å². The number of rotatable bonds is 29. The smallest absolute Gasteiger partial charge is 0.335 e. The predicted octanol–water partition coefficient (Wildman–Crippen LogP) is 3.85. The van der Waals surface area contributed by atoms with E-state index in [1.807, 2.05) is 12.1 Å². The monoisotopic (exact) mass is 716 g/mol. The highest BCUT2D eigenvalue weighted by atomic mass is 16.7. The lowest BCUT2D eigenvalue weighted by Crippen LogP contribution is -2.32. The van der Waals surface area contributed by atoms with Crippen LogP contribution in [0.15, 0.2) is 24.3 Å². The summed E-state index contributed by atoms with van der Waals surface area (Å²) in [5.41, 5.74) is 9.63. The Kier molecular flexibility index (Phi) is 20.7. The van der Waals surface area contributed by atoms with Crippen LogP contribution in [0.1, 0.15) is 82.3 Å². The Morgan fingerprint density at radius 3 is 1.94 bits per heavy atom. The van der Waals surface area contributed by atoms with Crippen molar-refractivity contribution in [1.29, 1.82) is 0 Å². The number of carbonyl (C=O) groups is 4. The molecule has 0 aliphatic carbocycles. The molecule has 1 aliphatic heterocycles. The maximum Gasteiger partial charge on any atom is 0.335 e. The maximum absolute atomic E-state index is 12.1. The SMILES string of the molecule is CCCCCc1cc2c(CCCCCNC(=O)CCOCCOCCOCCOCCOCCC(=O)ON3C(=O)CCC3=O)cccc2nc1N. The minimum atomic E-state index is -0.702. The molecular formula is C37H56N4O10. The maximum atomic E-state index is 12.1. The number of aromatic nitrogens is 1. The van der Waals surface area contributed by atoms with E-state index >= 15 is 0 Å². The van der Waals surface area contributed by atoms with Gasteiger partial charge in [-0.3, -0.25) is 14.4 Å². The van der Waals surface area contributed by atoms with Crippen molar-refractivity contribution in [2.24, 2.45) is 0 Å². The molecule has 3 N–H and O–H groups in total. The van der Waals surface area contributed by atoms with Gasteiger partial charge < -0.3 is 39.6 Å². The van der Waals surface area contributed by atoms with Crippen molar-refractivity contribution >= 4 is 40.4 Å². The molecule has 1 aliphatic rings. The average molecular weight is 717 g/mol. The zero-order valence-corrected chi connectivity index (χ0v) is 30.1. The third-order valence-electron chi connectivity index (χ3n) is 8.17. The number of fused-ring (bicyclic) bond motifs is 1. The van der Waals surface area contributed by atoms with Gasteiger partial charge >= 0.3 is 5.97 Å². The van der Waals surface area contributed by atoms with Crippen molar-refractivity contribution in [2.75, 3.05) is 78.3 Å². The van der Waals surface area contributed by atoms with E-state index in [4.69, 9.17) is 34.3 Å². The van der Waals surface area contributed by atoms with Crippen LogP contribution in [0.3, 0.4) is 0 Å². The van der Waals surface area contributed by atoms with Gasteiger partial charge in [0, 0.05) is 31.2 Å². The molecule has 1 saturated heterocycles. The number of aryl methyl sites for hydroxylation is 2. The van der Waals surface area contributed by atoms with Crippen LogP contribution >= 0.6 is 0 Å². The molecule has 0 radical (unpaired) electrons. The Balaban J connectivity index is 1.06. The number of nitrogens with two attached hydrogens (primary N) is 1. The lowest BCUT2D eigenvalue weighted by molar-refractivity contribution is -0.198. The second kappa shape index (κ2) is 25.3. The second-order valence-corrected chi connectivity index (χ2v) is 12.2. The lowest BCUT2D eigenvalue weighted by atomic mass is 9.99. The summed E-state index contributed by atoms with van der Waals surface area (Å²) in [4.78, 5) is 56.1. The van der Waals surface area contributed by atoms with Crippen molar-refractivity contribution in [3.8, 4) is 0 Å². The predicted molar refractivity (Wildman–Crippen MR) is 190 cm³/mol. The summed E-state index contributed by atoms with van der Waals surface area (Å²) in [6.07, 6.45) is 8.79. The highest BCUT2D eigenvalue weighted by molar-refractivity contribution is 6.01. The number of anilines is 1. The number of unbranched alkanes of at least 4 members (excludes halogenated alkanes) is 4. The van der Waals surface area contributed by atoms with Crippen molar-refractivity contribution in [3.63, 3.8) is 0 Å². The van der Waals surface area contributed by atoms with Gasteiger partial charge in [0.1, 0.15) is 5.82 Å². The molecule has 3 rings (SSSR count). The Labute approximate surface area is 300 Å². The van der Waals surface area contributed by atoms with E-state index in [2.05, 4.69) is 29.4 Å². The first kappa shape index (κ1) is 41.7. The second-order valence-electron chi connectivity index (χ2n) is 12.2. The van der Waals surface area contributed by atoms with E-state index < -0.39 is 17.8 Å². The zero-order valence-electron chi connectivity index (χ0n) is 30.1. The number of nitrogen functional groups attached to an aromatic ring is 1. The zero-order chi connectivity index (χ0) is 36.5. The molecule has 2 aromatic rings. The number of nitrogens with zero attached hydrogens (tertiary/aromatic N) is 2. The number of amides is 3. The highest BCUT2D eigenvalue weighted by Gasteiger charge is 2.32. The quantitative estimate of drug-likeness (QED) is 0.0920. The fourth-order valence-electron chi connectivity index (χ4n) is 5.34. The molecular weight excluding hydrogens is 660 g/mol. The van der Waals surface area contributed by atoms with Gasteiger partial charge in [-0.05, 0) is 55.4 Å². The summed E-state index contributed by atoms with van der Waals surface area (Å²) in [6.45, 7) is 6.34. The molecule has 2 heterocycles. The van der Waals surface area contributed by atoms with E-state index in [1.165, 1.54) is 23.8 Å². The molecule has 0 spiro atoms. The molecule has 1 aromatic heterocycles. The first-order valence-corrected chi connectivity index (χ1v) is 18.3. The summed E-state index contributed by atoms with van der Waals surface area (Å²) >= 11 is 0. The number of nitrogens with one attached hydrogen (secondary N) is 1. The number of carbonyl (C=O) groups excluding carboxylic acids is 4. The van der Waals surface area contributed by atoms with Crippen molar-refractivity contribution in [1.82, 2.24) is 15.4 Å². The Hall–Kier alpha value is -3.69. The van der Waals surface area contributed by atoms with E-state index in [1.54, 1.807) is 0 Å². The van der Waals surface area contributed by atoms with E-state index in [0.717, 1.165) is 49.6 Å². The number of benzene rings is 1. The third-order valence-corrected chi connectivity index (χ3v) is 8.17. The topological polar surface area (TPSA) is 178 Å². The fraction of sp³-hybridized carbons (Fsp3) is 0.649. The van der Waals surface area contributed by atoms with Crippen molar-refractivity contribution in [2.45, 2.75) is 84.0 Å². The molecule has 3 amide bonds. The number of ether oxygens (including phenoxy) is 5. The van der Waals surface area contributed by atoms with Gasteiger partial charge in [-0.2, -0.15) is 0 Å². The molecule has 51 heavy (non-hydrogen) atoms. The van der Waals surface area contributed by atoms with Gasteiger partial charge in [-0.1, -0.05) is 38.3 Å². The number of hydrogen-bond donors (Lipinski definition) is 2. The standard InChI is InChI=1S/C37H56N4O10/c1-2-3-5-10-30-28-31-29(11-8-12-32(31)40-37(30)38)9-6-4-7-17-39-33(42)15-18-46-20-22-48-24-26-50-27-25-49-23-21-47-19-16-36(45)51-41-34(43)13-14-35(41)44/h8,11-12,28H,2-7,9-10,13-27H2,1H3,(H2,38,40)(H,39,42). The number of imide groups is 1. The first-order valence-electron chi connectivity index (χ1n) is 18.3. The molecule has 0 saturated carbocycles. The molecule has 1 fully saturated rings. The summed E-state index contributed by atoms with van der Waals surface area (Å²) in [5.74, 6) is -1.09. The van der Waals surface area contributed by atoms with E-state index in [0.29, 0.717) is 76.7 Å². The number of hydrogen-bond acceptors (Lipinski definition) is 12. The normalized spacial score (nSPS) is 13.0. The molecule has 284 valence electrons. The van der Waals surface area contributed by atoms with Crippen LogP contribution < -0.4 is 11.1 Å². The largest absolute Gasteiger partial charge is 0.383 e. The summed E-state index contributed by atoms with van der Waals surface area (Å²) in [7, 11) is 0. The van der Waals surface area contributed by atoms with Gasteiger partial charge in [-0.25, -0.2) is 9.78 Å². The van der Waals surface area contributed by atoms with Gasteiger partial charge in [0.05, 0.1) is 78.0 Å². The van der Waals surface area contributed by atoms with Gasteiger partial charge in [0.15, 0.2) is 0 Å². The minimum Gasteiger partial charge on any atom is -0.383 e. The fourth-order valence-corrected chi connectivity index (χ4v) is 5.34. The van der Waals surface area contributed by atoms with Gasteiger partial charge in [0.25, 0.3) is 11.8 Å². The number of hydroxylamine groups is 2. The third kappa shape index (κ3) is 16.9.